The molecule has 16 heavy (non-hydrogen) atoms. The summed E-state index contributed by atoms with van der Waals surface area (Å²) < 4.78 is 8.93. The lowest BCUT2D eigenvalue weighted by Gasteiger charge is -2.11. The van der Waals surface area contributed by atoms with E-state index in [1.807, 2.05) is 13.8 Å². The number of aliphatic carboxylic acids is 1. The lowest BCUT2D eigenvalue weighted by Crippen LogP contribution is -2.33. The second-order valence-electron chi connectivity index (χ2n) is 3.60. The van der Waals surface area contributed by atoms with Crippen LogP contribution in [0.3, 0.4) is 0 Å². The minimum atomic E-state index is -0.969. The number of hydrogen-bond acceptors (Lipinski definition) is 6. The van der Waals surface area contributed by atoms with Gasteiger partial charge in [-0.1, -0.05) is 13.8 Å². The third-order valence-corrected chi connectivity index (χ3v) is 2.55. The van der Waals surface area contributed by atoms with Crippen LogP contribution in [0.2, 0.25) is 0 Å². The summed E-state index contributed by atoms with van der Waals surface area (Å²) in [7, 11) is 1.46. The Kier molecular flexibility index (Phi) is 4.63. The first-order valence-corrected chi connectivity index (χ1v) is 5.63. The van der Waals surface area contributed by atoms with Crippen molar-refractivity contribution in [1.82, 2.24) is 9.36 Å². The fourth-order valence-electron chi connectivity index (χ4n) is 1.02. The SMILES string of the molecule is COCC(Nc1nc(C(C)C)ns1)C(=O)O. The Balaban J connectivity index is 2.66. The molecule has 0 fully saturated rings. The van der Waals surface area contributed by atoms with Crippen LogP contribution in [0.15, 0.2) is 0 Å². The van der Waals surface area contributed by atoms with E-state index >= 15 is 0 Å². The number of nitrogens with zero attached hydrogens (tertiary/aromatic N) is 2. The van der Waals surface area contributed by atoms with E-state index in [0.717, 1.165) is 11.5 Å². The van der Waals surface area contributed by atoms with Gasteiger partial charge in [0, 0.05) is 24.6 Å². The average molecular weight is 245 g/mol. The molecule has 1 atom stereocenters. The van der Waals surface area contributed by atoms with Crippen molar-refractivity contribution in [2.45, 2.75) is 25.8 Å². The molecule has 0 aromatic carbocycles. The molecule has 0 amide bonds. The van der Waals surface area contributed by atoms with Crippen LogP contribution in [0.5, 0.6) is 0 Å². The van der Waals surface area contributed by atoms with Crippen molar-refractivity contribution in [1.29, 1.82) is 0 Å². The predicted octanol–water partition coefficient (Wildman–Crippen LogP) is 1.17. The number of rotatable bonds is 6. The molecular weight excluding hydrogens is 230 g/mol. The van der Waals surface area contributed by atoms with Crippen LogP contribution < -0.4 is 5.32 Å². The van der Waals surface area contributed by atoms with E-state index in [1.54, 1.807) is 0 Å². The summed E-state index contributed by atoms with van der Waals surface area (Å²) in [5.74, 6) is -0.0188. The number of carbonyl (C=O) groups is 1. The first-order chi connectivity index (χ1) is 7.54. The second-order valence-corrected chi connectivity index (χ2v) is 4.35. The van der Waals surface area contributed by atoms with Gasteiger partial charge >= 0.3 is 5.97 Å². The molecule has 90 valence electrons. The number of carboxylic acid groups (broad SMARTS) is 1. The van der Waals surface area contributed by atoms with Crippen molar-refractivity contribution in [2.75, 3.05) is 19.0 Å². The molecule has 1 aromatic rings. The van der Waals surface area contributed by atoms with Crippen LogP contribution in [0.4, 0.5) is 5.13 Å². The fourth-order valence-corrected chi connectivity index (χ4v) is 1.78. The summed E-state index contributed by atoms with van der Waals surface area (Å²) in [6.45, 7) is 4.05. The Morgan fingerprint density at radius 3 is 2.75 bits per heavy atom. The standard InChI is InChI=1S/C9H15N3O3S/c1-5(2)7-11-9(16-12-7)10-6(4-15-3)8(13)14/h5-6H,4H2,1-3H3,(H,13,14)(H,10,11,12). The van der Waals surface area contributed by atoms with Gasteiger partial charge in [-0.2, -0.15) is 4.37 Å². The van der Waals surface area contributed by atoms with Crippen LogP contribution >= 0.6 is 11.5 Å². The predicted molar refractivity (Wildman–Crippen MR) is 60.9 cm³/mol. The van der Waals surface area contributed by atoms with Gasteiger partial charge in [0.05, 0.1) is 6.61 Å². The molecule has 0 spiro atoms. The van der Waals surface area contributed by atoms with Crippen LogP contribution in [0.25, 0.3) is 0 Å². The fraction of sp³-hybridized carbons (Fsp3) is 0.667. The molecule has 0 bridgehead atoms. The minimum Gasteiger partial charge on any atom is -0.480 e. The lowest BCUT2D eigenvalue weighted by atomic mass is 10.2. The maximum absolute atomic E-state index is 10.8. The van der Waals surface area contributed by atoms with E-state index in [0.29, 0.717) is 11.0 Å². The molecule has 0 aliphatic carbocycles. The maximum Gasteiger partial charge on any atom is 0.328 e. The van der Waals surface area contributed by atoms with Gasteiger partial charge in [0.2, 0.25) is 5.13 Å². The van der Waals surface area contributed by atoms with E-state index in [1.165, 1.54) is 7.11 Å². The van der Waals surface area contributed by atoms with Gasteiger partial charge in [-0.25, -0.2) is 9.78 Å². The zero-order valence-electron chi connectivity index (χ0n) is 9.43. The molecule has 6 nitrogen and oxygen atoms in total. The number of anilines is 1. The third kappa shape index (κ3) is 3.42. The Labute approximate surface area is 97.8 Å². The monoisotopic (exact) mass is 245 g/mol. The minimum absolute atomic E-state index is 0.0892. The highest BCUT2D eigenvalue weighted by Crippen LogP contribution is 2.17. The van der Waals surface area contributed by atoms with E-state index in [4.69, 9.17) is 9.84 Å². The lowest BCUT2D eigenvalue weighted by molar-refractivity contribution is -0.139. The molecule has 0 aliphatic heterocycles. The first-order valence-electron chi connectivity index (χ1n) is 4.86. The summed E-state index contributed by atoms with van der Waals surface area (Å²) >= 11 is 1.16. The Morgan fingerprint density at radius 2 is 2.31 bits per heavy atom. The highest BCUT2D eigenvalue weighted by molar-refractivity contribution is 7.09. The summed E-state index contributed by atoms with van der Waals surface area (Å²) in [6, 6.07) is -0.794. The number of carboxylic acids is 1. The maximum atomic E-state index is 10.8. The summed E-state index contributed by atoms with van der Waals surface area (Å²) in [5, 5.41) is 12.2. The van der Waals surface area contributed by atoms with Gasteiger partial charge in [0.25, 0.3) is 0 Å². The van der Waals surface area contributed by atoms with Gasteiger partial charge in [-0.3, -0.25) is 0 Å². The van der Waals surface area contributed by atoms with Crippen LogP contribution in [0, 0.1) is 0 Å². The van der Waals surface area contributed by atoms with Gasteiger partial charge < -0.3 is 15.2 Å². The highest BCUT2D eigenvalue weighted by atomic mass is 32.1. The van der Waals surface area contributed by atoms with Gasteiger partial charge in [-0.15, -0.1) is 0 Å². The van der Waals surface area contributed by atoms with Crippen molar-refractivity contribution in [2.24, 2.45) is 0 Å². The van der Waals surface area contributed by atoms with Crippen molar-refractivity contribution in [3.8, 4) is 0 Å². The molecule has 7 heteroatoms. The molecule has 0 saturated heterocycles. The molecule has 1 aromatic heterocycles. The number of ether oxygens (including phenoxy) is 1. The van der Waals surface area contributed by atoms with Crippen molar-refractivity contribution < 1.29 is 14.6 Å². The zero-order chi connectivity index (χ0) is 12.1. The van der Waals surface area contributed by atoms with Gasteiger partial charge in [0.1, 0.15) is 11.9 Å². The normalized spacial score (nSPS) is 12.8. The number of nitrogens with one attached hydrogen (secondary N) is 1. The van der Waals surface area contributed by atoms with Gasteiger partial charge in [0.15, 0.2) is 0 Å². The molecule has 1 heterocycles. The summed E-state index contributed by atoms with van der Waals surface area (Å²) in [4.78, 5) is 15.0. The van der Waals surface area contributed by atoms with Crippen LogP contribution in [-0.2, 0) is 9.53 Å². The quantitative estimate of drug-likeness (QED) is 0.782. The molecule has 0 aliphatic rings. The Morgan fingerprint density at radius 1 is 1.62 bits per heavy atom. The number of hydrogen-bond donors (Lipinski definition) is 2. The Hall–Kier alpha value is -1.21. The molecule has 0 radical (unpaired) electrons. The molecule has 1 rings (SSSR count). The van der Waals surface area contributed by atoms with E-state index in [9.17, 15) is 4.79 Å². The molecule has 1 unspecified atom stereocenters. The number of aromatic nitrogens is 2. The molecule has 0 saturated carbocycles. The topological polar surface area (TPSA) is 84.3 Å². The van der Waals surface area contributed by atoms with Crippen LogP contribution in [0.1, 0.15) is 25.6 Å². The van der Waals surface area contributed by atoms with Crippen molar-refractivity contribution >= 4 is 22.6 Å². The largest absolute Gasteiger partial charge is 0.480 e. The summed E-state index contributed by atoms with van der Waals surface area (Å²) in [6.07, 6.45) is 0. The Bertz CT molecular complexity index is 354. The summed E-state index contributed by atoms with van der Waals surface area (Å²) in [5.41, 5.74) is 0. The average Bonchev–Trinajstić information content (AvgIpc) is 2.65. The highest BCUT2D eigenvalue weighted by Gasteiger charge is 2.19. The third-order valence-electron chi connectivity index (χ3n) is 1.89. The van der Waals surface area contributed by atoms with E-state index in [-0.39, 0.29) is 12.5 Å². The zero-order valence-corrected chi connectivity index (χ0v) is 10.2. The smallest absolute Gasteiger partial charge is 0.328 e. The number of methoxy groups -OCH3 is 1. The van der Waals surface area contributed by atoms with Crippen molar-refractivity contribution in [3.05, 3.63) is 5.82 Å². The van der Waals surface area contributed by atoms with Crippen molar-refractivity contribution in [3.63, 3.8) is 0 Å². The second kappa shape index (κ2) is 5.76. The van der Waals surface area contributed by atoms with Gasteiger partial charge in [-0.05, 0) is 0 Å². The van der Waals surface area contributed by atoms with Crippen LogP contribution in [-0.4, -0.2) is 40.2 Å². The van der Waals surface area contributed by atoms with E-state index < -0.39 is 12.0 Å². The molecule has 2 N–H and O–H groups in total. The first kappa shape index (κ1) is 12.9. The van der Waals surface area contributed by atoms with E-state index in [2.05, 4.69) is 14.7 Å². The molecular formula is C9H15N3O3S.